The molecule has 8 heteroatoms. The minimum Gasteiger partial charge on any atom is -0.360 e. The van der Waals surface area contributed by atoms with E-state index in [2.05, 4.69) is 9.71 Å². The van der Waals surface area contributed by atoms with E-state index < -0.39 is 21.7 Å². The maximum Gasteiger partial charge on any atom is 0.294 e. The van der Waals surface area contributed by atoms with Crippen LogP contribution in [-0.2, 0) is 14.8 Å². The second-order valence-corrected chi connectivity index (χ2v) is 8.79. The molecule has 4 aromatic rings. The predicted molar refractivity (Wildman–Crippen MR) is 116 cm³/mol. The highest BCUT2D eigenvalue weighted by Gasteiger charge is 2.22. The van der Waals surface area contributed by atoms with E-state index >= 15 is 0 Å². The normalized spacial score (nSPS) is 11.5. The van der Waals surface area contributed by atoms with Gasteiger partial charge in [0.2, 0.25) is 0 Å². The Morgan fingerprint density at radius 3 is 2.40 bits per heavy atom. The molecule has 3 aromatic carbocycles. The van der Waals surface area contributed by atoms with Crippen molar-refractivity contribution in [3.05, 3.63) is 72.4 Å². The van der Waals surface area contributed by atoms with Crippen LogP contribution in [0, 0.1) is 0 Å². The quantitative estimate of drug-likeness (QED) is 0.381. The van der Waals surface area contributed by atoms with Gasteiger partial charge < -0.3 is 9.88 Å². The summed E-state index contributed by atoms with van der Waals surface area (Å²) in [5, 5.41) is 2.23. The summed E-state index contributed by atoms with van der Waals surface area (Å²) in [5.74, 6) is -1.32. The Hall–Kier alpha value is -3.65. The molecule has 152 valence electrons. The van der Waals surface area contributed by atoms with E-state index in [9.17, 15) is 18.0 Å². The number of nitrogens with one attached hydrogen (secondary N) is 2. The van der Waals surface area contributed by atoms with Crippen molar-refractivity contribution < 1.29 is 18.0 Å². The number of ketones is 1. The van der Waals surface area contributed by atoms with Crippen molar-refractivity contribution in [1.82, 2.24) is 9.88 Å². The lowest BCUT2D eigenvalue weighted by molar-refractivity contribution is -0.124. The van der Waals surface area contributed by atoms with Crippen LogP contribution >= 0.6 is 0 Å². The second-order valence-electron chi connectivity index (χ2n) is 7.11. The van der Waals surface area contributed by atoms with Crippen molar-refractivity contribution in [3.63, 3.8) is 0 Å². The van der Waals surface area contributed by atoms with Gasteiger partial charge in [-0.25, -0.2) is 8.42 Å². The van der Waals surface area contributed by atoms with Crippen molar-refractivity contribution >= 4 is 49.1 Å². The minimum atomic E-state index is -3.84. The van der Waals surface area contributed by atoms with Gasteiger partial charge in [0.1, 0.15) is 0 Å². The van der Waals surface area contributed by atoms with Gasteiger partial charge in [-0.05, 0) is 41.1 Å². The minimum absolute atomic E-state index is 0.134. The van der Waals surface area contributed by atoms with Crippen LogP contribution in [0.5, 0.6) is 0 Å². The number of anilines is 1. The topological polar surface area (TPSA) is 99.3 Å². The van der Waals surface area contributed by atoms with Crippen LogP contribution in [0.25, 0.3) is 21.7 Å². The van der Waals surface area contributed by atoms with E-state index in [1.807, 2.05) is 24.3 Å². The molecule has 0 aliphatic carbocycles. The monoisotopic (exact) mass is 421 g/mol. The summed E-state index contributed by atoms with van der Waals surface area (Å²) in [6.45, 7) is 0. The first-order valence-corrected chi connectivity index (χ1v) is 10.6. The number of benzene rings is 3. The largest absolute Gasteiger partial charge is 0.360 e. The number of aromatic amines is 1. The predicted octanol–water partition coefficient (Wildman–Crippen LogP) is 3.39. The van der Waals surface area contributed by atoms with Crippen molar-refractivity contribution in [2.45, 2.75) is 4.90 Å². The van der Waals surface area contributed by atoms with Crippen LogP contribution in [0.2, 0.25) is 0 Å². The molecule has 0 fully saturated rings. The van der Waals surface area contributed by atoms with Crippen LogP contribution in [0.4, 0.5) is 5.69 Å². The highest BCUT2D eigenvalue weighted by Crippen LogP contribution is 2.26. The standard InChI is InChI=1S/C22H19N3O4S/c1-25(2)22(27)21(26)19-13-23-20-10-8-16(12-18(19)20)24-30(28,29)17-9-7-14-5-3-4-6-15(14)11-17/h3-13,23-24H,1-2H3. The van der Waals surface area contributed by atoms with E-state index in [0.717, 1.165) is 10.8 Å². The number of carbonyl (C=O) groups is 2. The molecule has 1 aromatic heterocycles. The fourth-order valence-corrected chi connectivity index (χ4v) is 4.32. The third-order valence-corrected chi connectivity index (χ3v) is 6.19. The molecule has 4 rings (SSSR count). The fraction of sp³-hybridized carbons (Fsp3) is 0.0909. The number of H-pyrrole nitrogens is 1. The van der Waals surface area contributed by atoms with E-state index in [1.54, 1.807) is 36.4 Å². The highest BCUT2D eigenvalue weighted by atomic mass is 32.2. The average Bonchev–Trinajstić information content (AvgIpc) is 3.15. The Morgan fingerprint density at radius 2 is 1.67 bits per heavy atom. The van der Waals surface area contributed by atoms with Crippen LogP contribution in [0.3, 0.4) is 0 Å². The number of hydrogen-bond donors (Lipinski definition) is 2. The van der Waals surface area contributed by atoms with E-state index in [0.29, 0.717) is 16.6 Å². The smallest absolute Gasteiger partial charge is 0.294 e. The van der Waals surface area contributed by atoms with Crippen molar-refractivity contribution in [3.8, 4) is 0 Å². The number of Topliss-reactive ketones (excluding diaryl/α,β-unsaturated/α-hetero) is 1. The molecular formula is C22H19N3O4S. The van der Waals surface area contributed by atoms with Gasteiger partial charge in [-0.3, -0.25) is 14.3 Å². The molecule has 1 amide bonds. The van der Waals surface area contributed by atoms with Crippen LogP contribution < -0.4 is 4.72 Å². The Bertz CT molecular complexity index is 1400. The number of fused-ring (bicyclic) bond motifs is 2. The summed E-state index contributed by atoms with van der Waals surface area (Å²) in [5.41, 5.74) is 1.11. The van der Waals surface area contributed by atoms with Gasteiger partial charge >= 0.3 is 0 Å². The van der Waals surface area contributed by atoms with Crippen molar-refractivity contribution in [2.24, 2.45) is 0 Å². The summed E-state index contributed by atoms with van der Waals surface area (Å²) in [7, 11) is -0.843. The molecule has 0 unspecified atom stereocenters. The molecule has 0 saturated heterocycles. The fourth-order valence-electron chi connectivity index (χ4n) is 3.24. The van der Waals surface area contributed by atoms with Gasteiger partial charge in [-0.15, -0.1) is 0 Å². The first-order chi connectivity index (χ1) is 14.3. The third-order valence-electron chi connectivity index (χ3n) is 4.81. The third kappa shape index (κ3) is 3.53. The Morgan fingerprint density at radius 1 is 0.933 bits per heavy atom. The van der Waals surface area contributed by atoms with Crippen molar-refractivity contribution in [2.75, 3.05) is 18.8 Å². The van der Waals surface area contributed by atoms with Gasteiger partial charge in [-0.1, -0.05) is 30.3 Å². The number of amides is 1. The van der Waals surface area contributed by atoms with Gasteiger partial charge in [0.25, 0.3) is 21.7 Å². The molecule has 0 saturated carbocycles. The number of nitrogens with zero attached hydrogens (tertiary/aromatic N) is 1. The van der Waals surface area contributed by atoms with E-state index in [4.69, 9.17) is 0 Å². The molecule has 2 N–H and O–H groups in total. The maximum absolute atomic E-state index is 12.9. The summed E-state index contributed by atoms with van der Waals surface area (Å²) in [6, 6.07) is 17.2. The first-order valence-electron chi connectivity index (χ1n) is 9.15. The summed E-state index contributed by atoms with van der Waals surface area (Å²) in [4.78, 5) is 28.8. The molecule has 0 bridgehead atoms. The average molecular weight is 421 g/mol. The lowest BCUT2D eigenvalue weighted by Crippen LogP contribution is -2.29. The zero-order valence-corrected chi connectivity index (χ0v) is 17.2. The molecule has 7 nitrogen and oxygen atoms in total. The number of sulfonamides is 1. The second kappa shape index (κ2) is 7.31. The number of likely N-dealkylation sites (N-methyl/N-ethyl adjacent to an activating group) is 1. The first kappa shape index (κ1) is 19.7. The van der Waals surface area contributed by atoms with Crippen LogP contribution in [-0.4, -0.2) is 44.1 Å². The number of carbonyl (C=O) groups excluding carboxylic acids is 2. The summed E-state index contributed by atoms with van der Waals surface area (Å²) < 4.78 is 28.3. The lowest BCUT2D eigenvalue weighted by Gasteiger charge is -2.10. The molecule has 0 radical (unpaired) electrons. The number of aromatic nitrogens is 1. The zero-order chi connectivity index (χ0) is 21.5. The SMILES string of the molecule is CN(C)C(=O)C(=O)c1c[nH]c2ccc(NS(=O)(=O)c3ccc4ccccc4c3)cc12. The van der Waals surface area contributed by atoms with Crippen LogP contribution in [0.1, 0.15) is 10.4 Å². The number of hydrogen-bond acceptors (Lipinski definition) is 4. The summed E-state index contributed by atoms with van der Waals surface area (Å²) in [6.07, 6.45) is 1.45. The Kier molecular flexibility index (Phi) is 4.79. The van der Waals surface area contributed by atoms with Gasteiger partial charge in [-0.2, -0.15) is 0 Å². The Balaban J connectivity index is 1.69. The molecule has 30 heavy (non-hydrogen) atoms. The zero-order valence-electron chi connectivity index (χ0n) is 16.3. The van der Waals surface area contributed by atoms with E-state index in [1.165, 1.54) is 25.2 Å². The van der Waals surface area contributed by atoms with Gasteiger partial charge in [0, 0.05) is 36.9 Å². The number of rotatable bonds is 5. The molecular weight excluding hydrogens is 402 g/mol. The summed E-state index contributed by atoms with van der Waals surface area (Å²) >= 11 is 0. The maximum atomic E-state index is 12.9. The molecule has 1 heterocycles. The lowest BCUT2D eigenvalue weighted by atomic mass is 10.1. The van der Waals surface area contributed by atoms with Gasteiger partial charge in [0.05, 0.1) is 10.5 Å². The van der Waals surface area contributed by atoms with Crippen LogP contribution in [0.15, 0.2) is 71.8 Å². The molecule has 0 aliphatic heterocycles. The molecule has 0 atom stereocenters. The van der Waals surface area contributed by atoms with Gasteiger partial charge in [0.15, 0.2) is 0 Å². The van der Waals surface area contributed by atoms with Crippen molar-refractivity contribution in [1.29, 1.82) is 0 Å². The Labute approximate surface area is 173 Å². The highest BCUT2D eigenvalue weighted by molar-refractivity contribution is 7.92. The van der Waals surface area contributed by atoms with E-state index in [-0.39, 0.29) is 10.5 Å². The molecule has 0 aliphatic rings. The molecule has 0 spiro atoms.